The number of para-hydroxylation sites is 1. The predicted molar refractivity (Wildman–Crippen MR) is 353 cm³/mol. The Morgan fingerprint density at radius 3 is 1.46 bits per heavy atom. The molecule has 10 rings (SSSR count). The van der Waals surface area contributed by atoms with Crippen LogP contribution in [0.3, 0.4) is 0 Å². The van der Waals surface area contributed by atoms with Crippen molar-refractivity contribution in [3.8, 4) is 62.0 Å². The third-order valence-electron chi connectivity index (χ3n) is 16.8. The number of hydrogen-bond acceptors (Lipinski definition) is 3. The standard InChI is InChI=1S/C77H86N5O.Pt/c1-71(2,3)49-26-29-65-62(42-49)63-44-55(77(19,20)21)43-61(69(63)81(65)57-38-51(73(7,8)9)36-52(39-57)74(10,11)12)46-30-31-79-64(35-46)48-32-47(33-50(34-48)72(4,5)6)59-24-23-25-66-68(59)80-70(60-28-27-56(78-22)45-67(60)83)82(66)58-40-53(75(13,14)15)37-54(41-58)76(16,17)18;/h23-31,33-45,83H,1-21H3;/q-1;. The third kappa shape index (κ3) is 11.7. The van der Waals surface area contributed by atoms with Crippen molar-refractivity contribution >= 4 is 38.5 Å². The van der Waals surface area contributed by atoms with Gasteiger partial charge < -0.3 is 9.67 Å². The van der Waals surface area contributed by atoms with E-state index in [9.17, 15) is 5.11 Å². The van der Waals surface area contributed by atoms with Crippen molar-refractivity contribution in [1.29, 1.82) is 0 Å². The molecule has 0 aliphatic rings. The Hall–Kier alpha value is -7.06. The molecule has 6 nitrogen and oxygen atoms in total. The average Bonchev–Trinajstić information content (AvgIpc) is 1.83. The van der Waals surface area contributed by atoms with Crippen molar-refractivity contribution < 1.29 is 26.2 Å². The van der Waals surface area contributed by atoms with Gasteiger partial charge in [-0.25, -0.2) is 9.83 Å². The fourth-order valence-corrected chi connectivity index (χ4v) is 11.3. The van der Waals surface area contributed by atoms with Crippen molar-refractivity contribution in [1.82, 2.24) is 19.1 Å². The number of nitrogens with zero attached hydrogens (tertiary/aromatic N) is 5. The molecular weight excluding hydrogens is 1210 g/mol. The van der Waals surface area contributed by atoms with E-state index in [-0.39, 0.29) is 64.7 Å². The quantitative estimate of drug-likeness (QED) is 0.169. The zero-order chi connectivity index (χ0) is 60.5. The van der Waals surface area contributed by atoms with Gasteiger partial charge >= 0.3 is 0 Å². The molecular formula is C77H86N5OPt-. The minimum atomic E-state index is -0.241. The van der Waals surface area contributed by atoms with Crippen LogP contribution >= 0.6 is 0 Å². The molecule has 7 aromatic carbocycles. The number of imidazole rings is 1. The number of phenolic OH excluding ortho intramolecular Hbond substituents is 1. The Morgan fingerprint density at radius 2 is 0.940 bits per heavy atom. The maximum Gasteiger partial charge on any atom is 0.190 e. The molecule has 0 aliphatic carbocycles. The van der Waals surface area contributed by atoms with Gasteiger partial charge in [-0.15, -0.1) is 29.3 Å². The summed E-state index contributed by atoms with van der Waals surface area (Å²) in [6.07, 6.45) is 1.97. The van der Waals surface area contributed by atoms with Crippen LogP contribution in [0.4, 0.5) is 5.69 Å². The third-order valence-corrected chi connectivity index (χ3v) is 16.8. The molecule has 3 heterocycles. The van der Waals surface area contributed by atoms with E-state index in [1.807, 2.05) is 12.3 Å². The van der Waals surface area contributed by atoms with Crippen LogP contribution in [-0.2, 0) is 59.0 Å². The second kappa shape index (κ2) is 21.2. The number of phenols is 1. The summed E-state index contributed by atoms with van der Waals surface area (Å²) in [5, 5.41) is 14.2. The summed E-state index contributed by atoms with van der Waals surface area (Å²) in [4.78, 5) is 14.4. The first kappa shape index (κ1) is 61.5. The van der Waals surface area contributed by atoms with E-state index in [0.717, 1.165) is 61.5 Å². The summed E-state index contributed by atoms with van der Waals surface area (Å²) < 4.78 is 4.73. The van der Waals surface area contributed by atoms with Gasteiger partial charge in [-0.3, -0.25) is 9.55 Å². The number of rotatable bonds is 6. The SMILES string of the molecule is [C-]#[N+]c1ccc(-c2nc3c(-c4[c-]c(-c5cc(-c6cc(C(C)(C)C)cc7c8cc(C(C)(C)C)ccc8n(-c8cc(C(C)(C)C)cc(C(C)(C)C)c8)c67)ccn5)cc(C(C)(C)C)c4)cccc3n2-c2cc(C(C)(C)C)cc(C(C)(C)C)c2)c(O)c1.[Pt]. The Balaban J connectivity index is 0.00000846. The van der Waals surface area contributed by atoms with Gasteiger partial charge in [0.05, 0.1) is 34.2 Å². The van der Waals surface area contributed by atoms with Crippen molar-refractivity contribution in [3.63, 3.8) is 0 Å². The molecule has 3 aromatic heterocycles. The average molecular weight is 1290 g/mol. The first-order chi connectivity index (χ1) is 38.4. The first-order valence-electron chi connectivity index (χ1n) is 29.6. The molecule has 0 saturated heterocycles. The van der Waals surface area contributed by atoms with E-state index < -0.39 is 0 Å². The molecule has 84 heavy (non-hydrogen) atoms. The normalized spacial score (nSPS) is 13.0. The maximum atomic E-state index is 11.8. The summed E-state index contributed by atoms with van der Waals surface area (Å²) in [6, 6.07) is 50.6. The zero-order valence-electron chi connectivity index (χ0n) is 53.7. The Labute approximate surface area is 515 Å². The van der Waals surface area contributed by atoms with Gasteiger partial charge in [0, 0.05) is 60.7 Å². The summed E-state index contributed by atoms with van der Waals surface area (Å²) >= 11 is 0. The predicted octanol–water partition coefficient (Wildman–Crippen LogP) is 21.3. The van der Waals surface area contributed by atoms with Gasteiger partial charge in [0.2, 0.25) is 0 Å². The summed E-state index contributed by atoms with van der Waals surface area (Å²) in [5.74, 6) is 0.590. The second-order valence-electron chi connectivity index (χ2n) is 30.7. The van der Waals surface area contributed by atoms with Crippen LogP contribution in [0, 0.1) is 12.6 Å². The smallest absolute Gasteiger partial charge is 0.190 e. The van der Waals surface area contributed by atoms with Gasteiger partial charge in [0.25, 0.3) is 0 Å². The molecule has 0 amide bonds. The van der Waals surface area contributed by atoms with E-state index >= 15 is 0 Å². The molecule has 0 unspecified atom stereocenters. The van der Waals surface area contributed by atoms with Crippen molar-refractivity contribution in [2.45, 2.75) is 183 Å². The van der Waals surface area contributed by atoms with Crippen LogP contribution in [0.1, 0.15) is 184 Å². The van der Waals surface area contributed by atoms with E-state index in [0.29, 0.717) is 17.1 Å². The zero-order valence-corrected chi connectivity index (χ0v) is 56.0. The molecule has 1 N–H and O–H groups in total. The first-order valence-corrected chi connectivity index (χ1v) is 29.6. The summed E-state index contributed by atoms with van der Waals surface area (Å²) in [6.45, 7) is 55.8. The molecule has 0 bridgehead atoms. The molecule has 7 heteroatoms. The van der Waals surface area contributed by atoms with Crippen LogP contribution in [0.25, 0.3) is 94.0 Å². The number of hydrogen-bond donors (Lipinski definition) is 1. The van der Waals surface area contributed by atoms with Crippen molar-refractivity contribution in [2.24, 2.45) is 0 Å². The van der Waals surface area contributed by atoms with Crippen molar-refractivity contribution in [2.75, 3.05) is 0 Å². The Kier molecular flexibility index (Phi) is 15.5. The number of aromatic nitrogens is 4. The van der Waals surface area contributed by atoms with Gasteiger partial charge in [-0.1, -0.05) is 205 Å². The molecule has 0 saturated carbocycles. The topological polar surface area (TPSA) is 60.2 Å². The van der Waals surface area contributed by atoms with Crippen molar-refractivity contribution in [3.05, 3.63) is 190 Å². The Bertz CT molecular complexity index is 4190. The van der Waals surface area contributed by atoms with E-state index in [1.54, 1.807) is 6.07 Å². The second-order valence-corrected chi connectivity index (χ2v) is 30.7. The largest absolute Gasteiger partial charge is 0.509 e. The number of pyridine rings is 1. The molecule has 10 aromatic rings. The minimum absolute atomic E-state index is 0. The van der Waals surface area contributed by atoms with E-state index in [1.165, 1.54) is 61.3 Å². The number of aromatic hydroxyl groups is 1. The molecule has 0 atom stereocenters. The molecule has 0 fully saturated rings. The van der Waals surface area contributed by atoms with Crippen LogP contribution in [0.15, 0.2) is 134 Å². The number of benzene rings is 7. The number of fused-ring (bicyclic) bond motifs is 4. The molecule has 0 radical (unpaired) electrons. The maximum absolute atomic E-state index is 11.8. The monoisotopic (exact) mass is 1290 g/mol. The van der Waals surface area contributed by atoms with Gasteiger partial charge in [-0.2, -0.15) is 0 Å². The summed E-state index contributed by atoms with van der Waals surface area (Å²) in [5.41, 5.74) is 20.6. The van der Waals surface area contributed by atoms with Gasteiger partial charge in [0.1, 0.15) is 11.6 Å². The van der Waals surface area contributed by atoms with E-state index in [4.69, 9.17) is 16.5 Å². The van der Waals surface area contributed by atoms with E-state index in [2.05, 4.69) is 275 Å². The van der Waals surface area contributed by atoms with Crippen LogP contribution < -0.4 is 0 Å². The molecule has 0 spiro atoms. The van der Waals surface area contributed by atoms with Crippen LogP contribution in [-0.4, -0.2) is 24.2 Å². The van der Waals surface area contributed by atoms with Gasteiger partial charge in [-0.05, 0) is 144 Å². The fourth-order valence-electron chi connectivity index (χ4n) is 11.3. The minimum Gasteiger partial charge on any atom is -0.509 e. The van der Waals surface area contributed by atoms with Crippen LogP contribution in [0.5, 0.6) is 5.75 Å². The van der Waals surface area contributed by atoms with Crippen LogP contribution in [0.2, 0.25) is 0 Å². The Morgan fingerprint density at radius 1 is 0.440 bits per heavy atom. The molecule has 0 aliphatic heterocycles. The fraction of sp³-hybridized carbons (Fsp3) is 0.364. The summed E-state index contributed by atoms with van der Waals surface area (Å²) in [7, 11) is 0. The molecule has 436 valence electrons. The van der Waals surface area contributed by atoms with Gasteiger partial charge in [0.15, 0.2) is 5.69 Å².